The van der Waals surface area contributed by atoms with E-state index in [0.29, 0.717) is 10.6 Å². The molecule has 2 aromatic rings. The minimum absolute atomic E-state index is 0.155. The second-order valence-corrected chi connectivity index (χ2v) is 5.66. The number of amides is 1. The average Bonchev–Trinajstić information content (AvgIpc) is 2.82. The second kappa shape index (κ2) is 6.01. The van der Waals surface area contributed by atoms with E-state index in [0.717, 1.165) is 5.56 Å². The molecular formula is C16H13FN2OS. The van der Waals surface area contributed by atoms with Crippen LogP contribution in [0.25, 0.3) is 6.08 Å². The Labute approximate surface area is 126 Å². The third kappa shape index (κ3) is 3.25. The number of rotatable bonds is 3. The Morgan fingerprint density at radius 1 is 1.10 bits per heavy atom. The van der Waals surface area contributed by atoms with Crippen LogP contribution in [0.4, 0.5) is 10.1 Å². The molecule has 1 fully saturated rings. The molecule has 0 spiro atoms. The first-order chi connectivity index (χ1) is 10.2. The van der Waals surface area contributed by atoms with Crippen molar-refractivity contribution >= 4 is 29.4 Å². The molecular weight excluding hydrogens is 287 g/mol. The molecule has 1 aliphatic rings. The lowest BCUT2D eigenvalue weighted by Crippen LogP contribution is -2.31. The maximum atomic E-state index is 13.6. The molecule has 3 nitrogen and oxygen atoms in total. The van der Waals surface area contributed by atoms with Crippen molar-refractivity contribution in [2.45, 2.75) is 5.50 Å². The molecule has 21 heavy (non-hydrogen) atoms. The molecule has 2 N–H and O–H groups in total. The fraction of sp³-hybridized carbons (Fsp3) is 0.0625. The van der Waals surface area contributed by atoms with Gasteiger partial charge in [0, 0.05) is 0 Å². The number of para-hydroxylation sites is 1. The van der Waals surface area contributed by atoms with Crippen LogP contribution in [0.5, 0.6) is 0 Å². The molecule has 0 bridgehead atoms. The van der Waals surface area contributed by atoms with Gasteiger partial charge < -0.3 is 10.6 Å². The van der Waals surface area contributed by atoms with Crippen LogP contribution in [-0.4, -0.2) is 11.4 Å². The van der Waals surface area contributed by atoms with Crippen molar-refractivity contribution < 1.29 is 9.18 Å². The van der Waals surface area contributed by atoms with Crippen molar-refractivity contribution in [3.8, 4) is 0 Å². The molecule has 1 aliphatic heterocycles. The number of benzene rings is 2. The van der Waals surface area contributed by atoms with Gasteiger partial charge in [-0.2, -0.15) is 0 Å². The Morgan fingerprint density at radius 2 is 1.81 bits per heavy atom. The first kappa shape index (κ1) is 13.7. The van der Waals surface area contributed by atoms with Gasteiger partial charge in [0.25, 0.3) is 5.91 Å². The van der Waals surface area contributed by atoms with Gasteiger partial charge in [-0.15, -0.1) is 0 Å². The van der Waals surface area contributed by atoms with Crippen LogP contribution in [0.3, 0.4) is 0 Å². The third-order valence-corrected chi connectivity index (χ3v) is 4.02. The van der Waals surface area contributed by atoms with E-state index < -0.39 is 0 Å². The highest BCUT2D eigenvalue weighted by Gasteiger charge is 2.27. The summed E-state index contributed by atoms with van der Waals surface area (Å²) in [5.41, 5.74) is 0.960. The van der Waals surface area contributed by atoms with Gasteiger partial charge in [0.05, 0.1) is 10.6 Å². The first-order valence-electron chi connectivity index (χ1n) is 6.48. The Balaban J connectivity index is 1.73. The van der Waals surface area contributed by atoms with Gasteiger partial charge in [0.1, 0.15) is 5.82 Å². The molecule has 2 aromatic carbocycles. The maximum absolute atomic E-state index is 13.6. The van der Waals surface area contributed by atoms with Crippen molar-refractivity contribution in [2.24, 2.45) is 0 Å². The minimum atomic E-state index is -0.371. The summed E-state index contributed by atoms with van der Waals surface area (Å²) in [5.74, 6) is -0.495. The summed E-state index contributed by atoms with van der Waals surface area (Å²) in [4.78, 5) is 12.5. The first-order valence-corrected chi connectivity index (χ1v) is 7.36. The zero-order chi connectivity index (χ0) is 14.7. The number of hydrogen-bond acceptors (Lipinski definition) is 3. The molecule has 1 atom stereocenters. The number of thioether (sulfide) groups is 1. The Kier molecular flexibility index (Phi) is 3.92. The van der Waals surface area contributed by atoms with Crippen molar-refractivity contribution in [1.82, 2.24) is 5.32 Å². The third-order valence-electron chi connectivity index (χ3n) is 2.99. The lowest BCUT2D eigenvalue weighted by Gasteiger charge is -2.12. The largest absolute Gasteiger partial charge is 0.354 e. The topological polar surface area (TPSA) is 41.1 Å². The summed E-state index contributed by atoms with van der Waals surface area (Å²) in [6.07, 6.45) is 1.82. The fourth-order valence-corrected chi connectivity index (χ4v) is 2.96. The summed E-state index contributed by atoms with van der Waals surface area (Å²) < 4.78 is 13.6. The van der Waals surface area contributed by atoms with Gasteiger partial charge in [-0.05, 0) is 23.8 Å². The molecule has 1 unspecified atom stereocenters. The summed E-state index contributed by atoms with van der Waals surface area (Å²) in [6, 6.07) is 16.0. The summed E-state index contributed by atoms with van der Waals surface area (Å²) in [6.45, 7) is 0. The van der Waals surface area contributed by atoms with Crippen molar-refractivity contribution in [3.05, 3.63) is 70.9 Å². The van der Waals surface area contributed by atoms with Gasteiger partial charge in [-0.25, -0.2) is 4.39 Å². The Bertz CT molecular complexity index is 688. The lowest BCUT2D eigenvalue weighted by molar-refractivity contribution is -0.116. The van der Waals surface area contributed by atoms with Crippen LogP contribution >= 0.6 is 11.8 Å². The molecule has 1 saturated heterocycles. The van der Waals surface area contributed by atoms with Crippen LogP contribution in [0.15, 0.2) is 59.5 Å². The molecule has 1 amide bonds. The molecule has 5 heteroatoms. The van der Waals surface area contributed by atoms with E-state index >= 15 is 0 Å². The van der Waals surface area contributed by atoms with Gasteiger partial charge in [-0.3, -0.25) is 4.79 Å². The predicted octanol–water partition coefficient (Wildman–Crippen LogP) is 3.43. The number of nitrogens with one attached hydrogen (secondary N) is 2. The molecule has 3 rings (SSSR count). The van der Waals surface area contributed by atoms with Gasteiger partial charge in [-0.1, -0.05) is 54.2 Å². The number of halogens is 1. The lowest BCUT2D eigenvalue weighted by atomic mass is 10.2. The van der Waals surface area contributed by atoms with E-state index in [-0.39, 0.29) is 17.2 Å². The molecule has 0 saturated carbocycles. The summed E-state index contributed by atoms with van der Waals surface area (Å²) in [7, 11) is 0. The highest BCUT2D eigenvalue weighted by atomic mass is 32.2. The molecule has 106 valence electrons. The van der Waals surface area contributed by atoms with E-state index in [4.69, 9.17) is 0 Å². The fourth-order valence-electron chi connectivity index (χ4n) is 1.99. The number of carbonyl (C=O) groups is 1. The smallest absolute Gasteiger partial charge is 0.260 e. The van der Waals surface area contributed by atoms with Crippen LogP contribution in [0.2, 0.25) is 0 Å². The minimum Gasteiger partial charge on any atom is -0.354 e. The monoisotopic (exact) mass is 300 g/mol. The Morgan fingerprint density at radius 3 is 2.57 bits per heavy atom. The maximum Gasteiger partial charge on any atom is 0.260 e. The highest BCUT2D eigenvalue weighted by Crippen LogP contribution is 2.30. The van der Waals surface area contributed by atoms with Crippen LogP contribution < -0.4 is 10.6 Å². The zero-order valence-corrected chi connectivity index (χ0v) is 11.9. The molecule has 0 aromatic heterocycles. The van der Waals surface area contributed by atoms with E-state index in [1.54, 1.807) is 18.2 Å². The van der Waals surface area contributed by atoms with Gasteiger partial charge in [0.15, 0.2) is 5.50 Å². The van der Waals surface area contributed by atoms with E-state index in [9.17, 15) is 9.18 Å². The van der Waals surface area contributed by atoms with Crippen molar-refractivity contribution in [1.29, 1.82) is 0 Å². The van der Waals surface area contributed by atoms with Crippen LogP contribution in [-0.2, 0) is 4.79 Å². The predicted molar refractivity (Wildman–Crippen MR) is 84.0 cm³/mol. The summed E-state index contributed by atoms with van der Waals surface area (Å²) >= 11 is 1.34. The highest BCUT2D eigenvalue weighted by molar-refractivity contribution is 8.05. The van der Waals surface area contributed by atoms with Crippen molar-refractivity contribution in [2.75, 3.05) is 5.32 Å². The number of anilines is 1. The summed E-state index contributed by atoms with van der Waals surface area (Å²) in [5, 5.41) is 5.75. The normalized spacial score (nSPS) is 19.6. The SMILES string of the molecule is O=C1NC(Nc2ccccc2F)S/C1=C\c1ccccc1. The van der Waals surface area contributed by atoms with E-state index in [2.05, 4.69) is 10.6 Å². The zero-order valence-electron chi connectivity index (χ0n) is 11.0. The van der Waals surface area contributed by atoms with E-state index in [1.165, 1.54) is 17.8 Å². The Hall–Kier alpha value is -2.27. The number of hydrogen-bond donors (Lipinski definition) is 2. The van der Waals surface area contributed by atoms with Crippen molar-refractivity contribution in [3.63, 3.8) is 0 Å². The van der Waals surface area contributed by atoms with Crippen LogP contribution in [0.1, 0.15) is 5.56 Å². The van der Waals surface area contributed by atoms with Gasteiger partial charge >= 0.3 is 0 Å². The molecule has 0 radical (unpaired) electrons. The molecule has 1 heterocycles. The van der Waals surface area contributed by atoms with Crippen LogP contribution in [0, 0.1) is 5.82 Å². The standard InChI is InChI=1S/C16H13FN2OS/c17-12-8-4-5-9-13(12)18-16-19-15(20)14(21-16)10-11-6-2-1-3-7-11/h1-10,16,18H,(H,19,20)/b14-10-. The number of carbonyl (C=O) groups excluding carboxylic acids is 1. The second-order valence-electron chi connectivity index (χ2n) is 4.51. The van der Waals surface area contributed by atoms with Gasteiger partial charge in [0.2, 0.25) is 0 Å². The molecule has 0 aliphatic carbocycles. The van der Waals surface area contributed by atoms with E-state index in [1.807, 2.05) is 36.4 Å². The quantitative estimate of drug-likeness (QED) is 0.853. The average molecular weight is 300 g/mol.